The Kier molecular flexibility index (Phi) is 23.5. The van der Waals surface area contributed by atoms with E-state index < -0.39 is 0 Å². The first-order valence-corrected chi connectivity index (χ1v) is 30.4. The molecule has 18 nitrogen and oxygen atoms in total. The van der Waals surface area contributed by atoms with Crippen LogP contribution < -0.4 is 16.0 Å². The first kappa shape index (κ1) is 66.0. The van der Waals surface area contributed by atoms with Crippen molar-refractivity contribution < 1.29 is 18.6 Å². The van der Waals surface area contributed by atoms with Crippen molar-refractivity contribution in [2.45, 2.75) is 88.4 Å². The van der Waals surface area contributed by atoms with Gasteiger partial charge < -0.3 is 46.9 Å². The average molecular weight is 1420 g/mol. The van der Waals surface area contributed by atoms with E-state index in [1.54, 1.807) is 37.2 Å². The molecule has 1 atom stereocenters. The molecule has 83 heavy (non-hydrogen) atoms. The quantitative estimate of drug-likeness (QED) is 0.0591. The Morgan fingerprint density at radius 3 is 1.34 bits per heavy atom. The van der Waals surface area contributed by atoms with E-state index in [9.17, 15) is 0 Å². The summed E-state index contributed by atoms with van der Waals surface area (Å²) in [5.41, 5.74) is 11.3. The number of pyridine rings is 3. The summed E-state index contributed by atoms with van der Waals surface area (Å²) in [6, 6.07) is 12.2. The SMILES string of the molecule is C.C.Cc1csc(Nc2nccc(-c3cn(C(C)C)c4c(Cl)nccc34)n2)n1.Cc1nc(Nc2nccc(-c3cn(C(C)C)c4c(Cl)nccc34)n2)sc1Br.[CH2+]C(C)n1cc(-c2ccnc(Nc3nc(C)cs3)n2)c2ccncc21.[CH2-]I.[V]. The topological polar surface area (TPSA) is 206 Å². The van der Waals surface area contributed by atoms with Gasteiger partial charge in [0.15, 0.2) is 31.7 Å². The van der Waals surface area contributed by atoms with E-state index in [0.29, 0.717) is 28.2 Å². The zero-order valence-corrected chi connectivity index (χ0v) is 54.0. The molecule has 3 N–H and O–H groups in total. The summed E-state index contributed by atoms with van der Waals surface area (Å²) in [4.78, 5) is 56.1. The number of fused-ring (bicyclic) bond motifs is 3. The van der Waals surface area contributed by atoms with Crippen LogP contribution in [0.1, 0.15) is 84.7 Å². The third-order valence-electron chi connectivity index (χ3n) is 12.0. The molecule has 0 spiro atoms. The molecule has 0 aliphatic heterocycles. The maximum absolute atomic E-state index is 6.37. The molecule has 0 bridgehead atoms. The molecule has 0 amide bonds. The Morgan fingerprint density at radius 1 is 0.554 bits per heavy atom. The van der Waals surface area contributed by atoms with E-state index in [0.717, 1.165) is 103 Å². The van der Waals surface area contributed by atoms with Gasteiger partial charge in [-0.3, -0.25) is 15.2 Å². The third kappa shape index (κ3) is 15.2. The number of nitrogens with zero attached hydrogens (tertiary/aromatic N) is 15. The van der Waals surface area contributed by atoms with E-state index in [1.165, 1.54) is 34.0 Å². The van der Waals surface area contributed by atoms with Crippen LogP contribution in [0.5, 0.6) is 0 Å². The van der Waals surface area contributed by atoms with E-state index >= 15 is 0 Å². The summed E-state index contributed by atoms with van der Waals surface area (Å²) < 4.78 is 7.34. The first-order valence-electron chi connectivity index (χ1n) is 24.7. The van der Waals surface area contributed by atoms with Crippen LogP contribution in [0.4, 0.5) is 33.2 Å². The van der Waals surface area contributed by atoms with Crippen LogP contribution in [-0.4, -0.2) is 73.5 Å². The van der Waals surface area contributed by atoms with E-state index in [4.69, 9.17) is 23.2 Å². The van der Waals surface area contributed by atoms with Gasteiger partial charge in [0.2, 0.25) is 17.8 Å². The van der Waals surface area contributed by atoms with Gasteiger partial charge in [0.05, 0.1) is 67.6 Å². The fraction of sp³-hybridized carbons (Fsp3) is 0.228. The first-order chi connectivity index (χ1) is 38.6. The molecule has 1 unspecified atom stereocenters. The van der Waals surface area contributed by atoms with Crippen molar-refractivity contribution in [3.05, 3.63) is 152 Å². The van der Waals surface area contributed by atoms with Crippen molar-refractivity contribution in [3.8, 4) is 33.8 Å². The van der Waals surface area contributed by atoms with E-state index in [-0.39, 0.29) is 51.5 Å². The van der Waals surface area contributed by atoms with Crippen LogP contribution in [0.2, 0.25) is 10.3 Å². The zero-order chi connectivity index (χ0) is 56.8. The second-order valence-electron chi connectivity index (χ2n) is 18.4. The molecule has 0 aliphatic rings. The van der Waals surface area contributed by atoms with Crippen LogP contribution in [0.15, 0.2) is 113 Å². The summed E-state index contributed by atoms with van der Waals surface area (Å²) in [7, 11) is 0. The van der Waals surface area contributed by atoms with Gasteiger partial charge in [-0.1, -0.05) is 49.4 Å². The monoisotopic (exact) mass is 1420 g/mol. The third-order valence-corrected chi connectivity index (χ3v) is 16.3. The summed E-state index contributed by atoms with van der Waals surface area (Å²) in [6.45, 7) is 20.5. The molecular weight excluding hydrogens is 1360 g/mol. The molecular formula is C57H60BrCl2IN18S3V. The van der Waals surface area contributed by atoms with Crippen LogP contribution >= 0.6 is 95.7 Å². The smallest absolute Gasteiger partial charge is 0.229 e. The Balaban J connectivity index is 0.000000194. The largest absolute Gasteiger partial charge is 0.342 e. The molecule has 0 fully saturated rings. The van der Waals surface area contributed by atoms with Gasteiger partial charge in [0.1, 0.15) is 0 Å². The number of rotatable bonds is 12. The van der Waals surface area contributed by atoms with Crippen molar-refractivity contribution in [2.75, 3.05) is 16.0 Å². The number of nitrogens with one attached hydrogen (secondary N) is 3. The van der Waals surface area contributed by atoms with Crippen molar-refractivity contribution in [1.82, 2.24) is 73.5 Å². The maximum Gasteiger partial charge on any atom is 0.229 e. The van der Waals surface area contributed by atoms with Gasteiger partial charge in [0, 0.05) is 130 Å². The number of hydrogen-bond acceptors (Lipinski definition) is 18. The van der Waals surface area contributed by atoms with Crippen molar-refractivity contribution in [1.29, 1.82) is 0 Å². The molecule has 12 aromatic rings. The Morgan fingerprint density at radius 2 is 0.952 bits per heavy atom. The van der Waals surface area contributed by atoms with Gasteiger partial charge in [-0.2, -0.15) is 0 Å². The fourth-order valence-corrected chi connectivity index (χ4v) is 11.6. The molecule has 1 radical (unpaired) electrons. The van der Waals surface area contributed by atoms with Crippen LogP contribution in [0.25, 0.3) is 66.5 Å². The van der Waals surface area contributed by atoms with Crippen LogP contribution in [0, 0.1) is 32.6 Å². The number of aromatic nitrogens is 15. The van der Waals surface area contributed by atoms with Crippen molar-refractivity contribution >= 4 is 162 Å². The molecule has 12 heterocycles. The number of halogens is 4. The minimum atomic E-state index is 0. The molecule has 0 saturated carbocycles. The van der Waals surface area contributed by atoms with Crippen LogP contribution in [-0.2, 0) is 18.6 Å². The second kappa shape index (κ2) is 29.6. The van der Waals surface area contributed by atoms with Crippen LogP contribution in [0.3, 0.4) is 0 Å². The predicted octanol–water partition coefficient (Wildman–Crippen LogP) is 18.1. The molecule has 0 aromatic carbocycles. The van der Waals surface area contributed by atoms with Gasteiger partial charge in [-0.25, -0.2) is 54.8 Å². The summed E-state index contributed by atoms with van der Waals surface area (Å²) in [6.07, 6.45) is 18.5. The second-order valence-corrected chi connectivity index (χ2v) is 23.2. The van der Waals surface area contributed by atoms with Gasteiger partial charge in [-0.15, -0.1) is 22.7 Å². The predicted molar refractivity (Wildman–Crippen MR) is 354 cm³/mol. The number of hydrogen-bond donors (Lipinski definition) is 3. The standard InChI is InChI=1S/C18H16BrClN6S.C18H17ClN6S.C18H17N6S.CH2I.2CH4.V/c1-9(2)26-8-12(11-4-6-21-16(20)14(11)26)13-5-7-22-17(24-13)25-18-23-10(3)15(19)27-18;1-10(2)25-8-13(12-4-6-20-16(19)15(12)25)14-5-7-21-17(23-14)24-18-22-11(3)9-26-18;1-11(2)24-9-14(13-4-6-19-8-16(13)24)15-5-7-20-17(22-15)23-18-21-12(3)10-25-18;1-2;;;/h4-9H,1-3H3,(H,22,23,24,25);4-10H,1-3H3,(H,21,22,23,24);4-11H,1H2,2-3H3,(H,20,21,22,23);1H2;2*1H4;/q;;+1;-1;;;. The molecule has 12 aromatic heterocycles. The molecule has 12 rings (SSSR count). The van der Waals surface area contributed by atoms with Crippen molar-refractivity contribution in [3.63, 3.8) is 0 Å². The van der Waals surface area contributed by atoms with Crippen molar-refractivity contribution in [2.24, 2.45) is 0 Å². The van der Waals surface area contributed by atoms with Gasteiger partial charge >= 0.3 is 0 Å². The summed E-state index contributed by atoms with van der Waals surface area (Å²) in [5, 5.41) is 19.9. The van der Waals surface area contributed by atoms with Gasteiger partial charge in [-0.05, 0) is 108 Å². The molecule has 0 aliphatic carbocycles. The van der Waals surface area contributed by atoms with E-state index in [1.807, 2.05) is 104 Å². The molecule has 0 saturated heterocycles. The Bertz CT molecular complexity index is 4080. The fourth-order valence-electron chi connectivity index (χ4n) is 8.47. The summed E-state index contributed by atoms with van der Waals surface area (Å²) in [5.74, 6) is 1.55. The Hall–Kier alpha value is -6.16. The average Bonchev–Trinajstić information content (AvgIpc) is 2.73. The number of aryl methyl sites for hydroxylation is 3. The molecule has 429 valence electrons. The van der Waals surface area contributed by atoms with Gasteiger partial charge in [0.25, 0.3) is 0 Å². The minimum Gasteiger partial charge on any atom is -0.342 e. The number of thiazole rings is 3. The maximum atomic E-state index is 6.37. The Labute approximate surface area is 539 Å². The normalized spacial score (nSPS) is 11.1. The zero-order valence-electron chi connectivity index (χ0n) is 44.9. The van der Waals surface area contributed by atoms with E-state index in [2.05, 4.69) is 164 Å². The minimum absolute atomic E-state index is 0. The number of anilines is 6. The molecule has 26 heteroatoms. The summed E-state index contributed by atoms with van der Waals surface area (Å²) >= 11 is 22.7.